The van der Waals surface area contributed by atoms with Gasteiger partial charge < -0.3 is 0 Å². The van der Waals surface area contributed by atoms with Crippen molar-refractivity contribution in [2.24, 2.45) is 0 Å². The minimum absolute atomic E-state index is 0.224. The predicted molar refractivity (Wildman–Crippen MR) is 88.3 cm³/mol. The fourth-order valence-corrected chi connectivity index (χ4v) is 4.17. The number of benzene rings is 2. The summed E-state index contributed by atoms with van der Waals surface area (Å²) in [7, 11) is -3.71. The number of rotatable bonds is 3. The maximum absolute atomic E-state index is 13.2. The first kappa shape index (κ1) is 15.5. The summed E-state index contributed by atoms with van der Waals surface area (Å²) < 4.78 is 40.5. The molecule has 5 heteroatoms. The Morgan fingerprint density at radius 2 is 1.52 bits per heavy atom. The van der Waals surface area contributed by atoms with Crippen LogP contribution in [0.3, 0.4) is 0 Å². The van der Waals surface area contributed by atoms with E-state index in [0.717, 1.165) is 5.56 Å². The van der Waals surface area contributed by atoms with Gasteiger partial charge in [-0.2, -0.15) is 0 Å². The summed E-state index contributed by atoms with van der Waals surface area (Å²) in [5.41, 5.74) is 2.70. The zero-order chi connectivity index (χ0) is 16.6. The molecule has 0 saturated heterocycles. The molecule has 3 aromatic rings. The molecule has 118 valence electrons. The van der Waals surface area contributed by atoms with Crippen LogP contribution < -0.4 is 0 Å². The van der Waals surface area contributed by atoms with Gasteiger partial charge in [-0.15, -0.1) is 0 Å². The molecule has 0 aliphatic heterocycles. The first-order valence-electron chi connectivity index (χ1n) is 7.17. The van der Waals surface area contributed by atoms with E-state index in [1.807, 2.05) is 13.0 Å². The Labute approximate surface area is 135 Å². The van der Waals surface area contributed by atoms with E-state index in [2.05, 4.69) is 0 Å². The lowest BCUT2D eigenvalue weighted by Crippen LogP contribution is -2.15. The molecule has 23 heavy (non-hydrogen) atoms. The van der Waals surface area contributed by atoms with Gasteiger partial charge in [0.2, 0.25) is 0 Å². The first-order chi connectivity index (χ1) is 10.9. The van der Waals surface area contributed by atoms with Gasteiger partial charge in [0, 0.05) is 5.69 Å². The fourth-order valence-electron chi connectivity index (χ4n) is 2.54. The molecular weight excluding hydrogens is 313 g/mol. The van der Waals surface area contributed by atoms with E-state index in [1.165, 1.54) is 16.1 Å². The Hall–Kier alpha value is -2.40. The molecule has 0 radical (unpaired) electrons. The summed E-state index contributed by atoms with van der Waals surface area (Å²) in [6.07, 6.45) is 0. The van der Waals surface area contributed by atoms with E-state index >= 15 is 0 Å². The Morgan fingerprint density at radius 3 is 2.13 bits per heavy atom. The molecule has 1 heterocycles. The molecule has 0 N–H and O–H groups in total. The van der Waals surface area contributed by atoms with E-state index in [-0.39, 0.29) is 10.7 Å². The fraction of sp³-hybridized carbons (Fsp3) is 0.111. The number of hydrogen-bond acceptors (Lipinski definition) is 2. The van der Waals surface area contributed by atoms with Crippen molar-refractivity contribution in [3.05, 3.63) is 77.7 Å². The highest BCUT2D eigenvalue weighted by molar-refractivity contribution is 7.90. The molecule has 0 aliphatic rings. The van der Waals surface area contributed by atoms with Gasteiger partial charge in [-0.3, -0.25) is 0 Å². The Balaban J connectivity index is 2.26. The van der Waals surface area contributed by atoms with E-state index in [4.69, 9.17) is 0 Å². The van der Waals surface area contributed by atoms with Crippen molar-refractivity contribution >= 4 is 10.0 Å². The molecule has 3 nitrogen and oxygen atoms in total. The predicted octanol–water partition coefficient (Wildman–Crippen LogP) is 4.15. The van der Waals surface area contributed by atoms with Crippen LogP contribution in [0.15, 0.2) is 65.6 Å². The Morgan fingerprint density at radius 1 is 0.913 bits per heavy atom. The molecule has 0 saturated carbocycles. The highest BCUT2D eigenvalue weighted by Gasteiger charge is 2.23. The third-order valence-corrected chi connectivity index (χ3v) is 5.69. The van der Waals surface area contributed by atoms with Crippen molar-refractivity contribution in [1.29, 1.82) is 0 Å². The van der Waals surface area contributed by atoms with Gasteiger partial charge in [0.15, 0.2) is 0 Å². The Bertz CT molecular complexity index is 943. The zero-order valence-electron chi connectivity index (χ0n) is 12.8. The summed E-state index contributed by atoms with van der Waals surface area (Å²) in [5.74, 6) is -0.355. The lowest BCUT2D eigenvalue weighted by atomic mass is 10.1. The molecule has 0 unspecified atom stereocenters. The average molecular weight is 329 g/mol. The van der Waals surface area contributed by atoms with Gasteiger partial charge in [-0.1, -0.05) is 18.2 Å². The second kappa shape index (κ2) is 5.66. The lowest BCUT2D eigenvalue weighted by molar-refractivity contribution is 0.587. The van der Waals surface area contributed by atoms with Gasteiger partial charge in [0.25, 0.3) is 10.0 Å². The van der Waals surface area contributed by atoms with E-state index < -0.39 is 10.0 Å². The maximum atomic E-state index is 13.2. The SMILES string of the molecule is Cc1cc(-c2ccc(F)cc2)n(S(=O)(=O)c2ccccc2)c1C. The normalized spacial score (nSPS) is 11.6. The minimum atomic E-state index is -3.71. The van der Waals surface area contributed by atoms with Crippen molar-refractivity contribution in [2.75, 3.05) is 0 Å². The molecule has 0 atom stereocenters. The first-order valence-corrected chi connectivity index (χ1v) is 8.61. The van der Waals surface area contributed by atoms with E-state index in [9.17, 15) is 12.8 Å². The third-order valence-electron chi connectivity index (χ3n) is 3.87. The third kappa shape index (κ3) is 2.68. The summed E-state index contributed by atoms with van der Waals surface area (Å²) in [4.78, 5) is 0.224. The highest BCUT2D eigenvalue weighted by Crippen LogP contribution is 2.30. The van der Waals surface area contributed by atoms with E-state index in [1.54, 1.807) is 49.4 Å². The minimum Gasteiger partial charge on any atom is -0.238 e. The van der Waals surface area contributed by atoms with Crippen molar-refractivity contribution in [3.8, 4) is 11.3 Å². The van der Waals surface area contributed by atoms with Crippen LogP contribution in [0.1, 0.15) is 11.3 Å². The summed E-state index contributed by atoms with van der Waals surface area (Å²) in [6, 6.07) is 15.9. The topological polar surface area (TPSA) is 39.1 Å². The van der Waals surface area contributed by atoms with Crippen molar-refractivity contribution in [3.63, 3.8) is 0 Å². The summed E-state index contributed by atoms with van der Waals surface area (Å²) >= 11 is 0. The zero-order valence-corrected chi connectivity index (χ0v) is 13.6. The van der Waals surface area contributed by atoms with Gasteiger partial charge in [-0.25, -0.2) is 16.8 Å². The second-order valence-corrected chi connectivity index (χ2v) is 7.17. The number of halogens is 1. The maximum Gasteiger partial charge on any atom is 0.268 e. The number of aromatic nitrogens is 1. The van der Waals surface area contributed by atoms with E-state index in [0.29, 0.717) is 17.0 Å². The van der Waals surface area contributed by atoms with Crippen LogP contribution in [0.5, 0.6) is 0 Å². The van der Waals surface area contributed by atoms with Crippen LogP contribution in [-0.2, 0) is 10.0 Å². The standard InChI is InChI=1S/C18H16FNO2S/c1-13-12-18(15-8-10-16(19)11-9-15)20(14(13)2)23(21,22)17-6-4-3-5-7-17/h3-12H,1-2H3. The number of nitrogens with zero attached hydrogens (tertiary/aromatic N) is 1. The number of hydrogen-bond donors (Lipinski definition) is 0. The molecular formula is C18H16FNO2S. The highest BCUT2D eigenvalue weighted by atomic mass is 32.2. The average Bonchev–Trinajstić information content (AvgIpc) is 2.85. The van der Waals surface area contributed by atoms with Crippen molar-refractivity contribution < 1.29 is 12.8 Å². The van der Waals surface area contributed by atoms with Gasteiger partial charge in [0.05, 0.1) is 10.6 Å². The van der Waals surface area contributed by atoms with Crippen LogP contribution in [0, 0.1) is 19.7 Å². The molecule has 1 aromatic heterocycles. The summed E-state index contributed by atoms with van der Waals surface area (Å²) in [5, 5.41) is 0. The number of aryl methyl sites for hydroxylation is 1. The van der Waals surface area contributed by atoms with Crippen molar-refractivity contribution in [2.45, 2.75) is 18.7 Å². The molecule has 0 aliphatic carbocycles. The molecule has 0 fully saturated rings. The van der Waals surface area contributed by atoms with Crippen LogP contribution >= 0.6 is 0 Å². The molecule has 0 spiro atoms. The van der Waals surface area contributed by atoms with Crippen LogP contribution in [0.25, 0.3) is 11.3 Å². The van der Waals surface area contributed by atoms with Gasteiger partial charge >= 0.3 is 0 Å². The van der Waals surface area contributed by atoms with Crippen LogP contribution in [0.2, 0.25) is 0 Å². The molecule has 3 rings (SSSR count). The lowest BCUT2D eigenvalue weighted by Gasteiger charge is -2.13. The van der Waals surface area contributed by atoms with Crippen LogP contribution in [-0.4, -0.2) is 12.4 Å². The summed E-state index contributed by atoms with van der Waals surface area (Å²) in [6.45, 7) is 3.63. The van der Waals surface area contributed by atoms with Crippen LogP contribution in [0.4, 0.5) is 4.39 Å². The van der Waals surface area contributed by atoms with Gasteiger partial charge in [-0.05, 0) is 67.4 Å². The largest absolute Gasteiger partial charge is 0.268 e. The quantitative estimate of drug-likeness (QED) is 0.724. The smallest absolute Gasteiger partial charge is 0.238 e. The van der Waals surface area contributed by atoms with Crippen molar-refractivity contribution in [1.82, 2.24) is 3.97 Å². The Kier molecular flexibility index (Phi) is 3.82. The molecule has 0 bridgehead atoms. The van der Waals surface area contributed by atoms with Gasteiger partial charge in [0.1, 0.15) is 5.82 Å². The second-order valence-electron chi connectivity index (χ2n) is 5.39. The monoisotopic (exact) mass is 329 g/mol. The molecule has 0 amide bonds. The molecule has 2 aromatic carbocycles.